The maximum absolute atomic E-state index is 11.4. The first-order chi connectivity index (χ1) is 7.86. The molecule has 0 N–H and O–H groups in total. The van der Waals surface area contributed by atoms with Gasteiger partial charge in [-0.05, 0) is 19.9 Å². The lowest BCUT2D eigenvalue weighted by Gasteiger charge is -2.23. The van der Waals surface area contributed by atoms with E-state index in [0.29, 0.717) is 0 Å². The Bertz CT molecular complexity index is 441. The Kier molecular flexibility index (Phi) is 3.67. The molecule has 0 heterocycles. The van der Waals surface area contributed by atoms with Gasteiger partial charge in [0.25, 0.3) is 5.69 Å². The second-order valence-electron chi connectivity index (χ2n) is 3.86. The van der Waals surface area contributed by atoms with Gasteiger partial charge in [0.05, 0.1) is 18.1 Å². The average Bonchev–Trinajstić information content (AvgIpc) is 2.27. The molecule has 0 aliphatic heterocycles. The number of esters is 1. The van der Waals surface area contributed by atoms with Gasteiger partial charge in [-0.25, -0.2) is 4.79 Å². The number of ether oxygens (including phenoxy) is 2. The summed E-state index contributed by atoms with van der Waals surface area (Å²) in [6, 6.07) is 5.63. The third kappa shape index (κ3) is 3.17. The lowest BCUT2D eigenvalue weighted by molar-refractivity contribution is -0.385. The fourth-order valence-corrected chi connectivity index (χ4v) is 1.24. The minimum Gasteiger partial charge on any atom is -0.476 e. The van der Waals surface area contributed by atoms with Gasteiger partial charge in [-0.2, -0.15) is 0 Å². The lowest BCUT2D eigenvalue weighted by Crippen LogP contribution is -2.39. The number of carbonyl (C=O) groups is 1. The smallest absolute Gasteiger partial charge is 0.349 e. The van der Waals surface area contributed by atoms with E-state index in [4.69, 9.17) is 4.74 Å². The van der Waals surface area contributed by atoms with Crippen LogP contribution in [0.4, 0.5) is 5.69 Å². The minimum atomic E-state index is -1.19. The van der Waals surface area contributed by atoms with Crippen molar-refractivity contribution >= 4 is 11.7 Å². The summed E-state index contributed by atoms with van der Waals surface area (Å²) < 4.78 is 9.93. The SMILES string of the molecule is COC(=O)C(C)(C)Oc1cccc([N+](=O)[O-])c1. The molecule has 0 aromatic heterocycles. The number of benzene rings is 1. The van der Waals surface area contributed by atoms with E-state index in [9.17, 15) is 14.9 Å². The number of hydrogen-bond acceptors (Lipinski definition) is 5. The third-order valence-electron chi connectivity index (χ3n) is 2.08. The van der Waals surface area contributed by atoms with Crippen LogP contribution in [-0.4, -0.2) is 23.6 Å². The summed E-state index contributed by atoms with van der Waals surface area (Å²) in [5.41, 5.74) is -1.28. The summed E-state index contributed by atoms with van der Waals surface area (Å²) in [5.74, 6) is -0.307. The molecule has 0 atom stereocenters. The second-order valence-corrected chi connectivity index (χ2v) is 3.86. The van der Waals surface area contributed by atoms with Gasteiger partial charge >= 0.3 is 5.97 Å². The van der Waals surface area contributed by atoms with Gasteiger partial charge in [0.2, 0.25) is 0 Å². The minimum absolute atomic E-state index is 0.0943. The molecule has 0 saturated carbocycles. The molecule has 0 spiro atoms. The van der Waals surface area contributed by atoms with Crippen molar-refractivity contribution in [2.24, 2.45) is 0 Å². The molecule has 0 radical (unpaired) electrons. The maximum Gasteiger partial charge on any atom is 0.349 e. The van der Waals surface area contributed by atoms with Gasteiger partial charge in [0.1, 0.15) is 5.75 Å². The Labute approximate surface area is 98.3 Å². The number of carbonyl (C=O) groups excluding carboxylic acids is 1. The predicted octanol–water partition coefficient (Wildman–Crippen LogP) is 1.93. The van der Waals surface area contributed by atoms with Crippen molar-refractivity contribution in [3.05, 3.63) is 34.4 Å². The van der Waals surface area contributed by atoms with Gasteiger partial charge in [-0.1, -0.05) is 6.07 Å². The van der Waals surface area contributed by atoms with Gasteiger partial charge in [0, 0.05) is 6.07 Å². The number of methoxy groups -OCH3 is 1. The van der Waals surface area contributed by atoms with Crippen molar-refractivity contribution in [1.29, 1.82) is 0 Å². The fraction of sp³-hybridized carbons (Fsp3) is 0.364. The van der Waals surface area contributed by atoms with Crippen molar-refractivity contribution < 1.29 is 19.2 Å². The lowest BCUT2D eigenvalue weighted by atomic mass is 10.1. The molecule has 92 valence electrons. The van der Waals surface area contributed by atoms with Gasteiger partial charge < -0.3 is 9.47 Å². The van der Waals surface area contributed by atoms with Crippen LogP contribution in [0.2, 0.25) is 0 Å². The van der Waals surface area contributed by atoms with E-state index < -0.39 is 16.5 Å². The number of nitro groups is 1. The van der Waals surface area contributed by atoms with Crippen molar-refractivity contribution in [3.63, 3.8) is 0 Å². The monoisotopic (exact) mass is 239 g/mol. The standard InChI is InChI=1S/C11H13NO5/c1-11(2,10(13)16-3)17-9-6-4-5-8(7-9)12(14)15/h4-7H,1-3H3. The van der Waals surface area contributed by atoms with Crippen LogP contribution in [0.25, 0.3) is 0 Å². The van der Waals surface area contributed by atoms with Crippen molar-refractivity contribution in [2.75, 3.05) is 7.11 Å². The molecule has 6 heteroatoms. The highest BCUT2D eigenvalue weighted by atomic mass is 16.6. The molecule has 0 fully saturated rings. The molecule has 0 aliphatic rings. The van der Waals surface area contributed by atoms with E-state index >= 15 is 0 Å². The molecule has 0 bridgehead atoms. The third-order valence-corrected chi connectivity index (χ3v) is 2.08. The Morgan fingerprint density at radius 1 is 1.41 bits per heavy atom. The van der Waals surface area contributed by atoms with Gasteiger partial charge in [-0.3, -0.25) is 10.1 Å². The van der Waals surface area contributed by atoms with E-state index in [1.807, 2.05) is 0 Å². The predicted molar refractivity (Wildman–Crippen MR) is 59.8 cm³/mol. The van der Waals surface area contributed by atoms with Crippen molar-refractivity contribution in [1.82, 2.24) is 0 Å². The zero-order valence-corrected chi connectivity index (χ0v) is 9.80. The first-order valence-electron chi connectivity index (χ1n) is 4.88. The van der Waals surface area contributed by atoms with Crippen LogP contribution in [0.5, 0.6) is 5.75 Å². The van der Waals surface area contributed by atoms with E-state index in [0.717, 1.165) is 0 Å². The molecule has 6 nitrogen and oxygen atoms in total. The number of nitrogens with zero attached hydrogens (tertiary/aromatic N) is 1. The van der Waals surface area contributed by atoms with E-state index in [1.54, 1.807) is 0 Å². The van der Waals surface area contributed by atoms with Crippen molar-refractivity contribution in [3.8, 4) is 5.75 Å². The summed E-state index contributed by atoms with van der Waals surface area (Å²) in [7, 11) is 1.25. The molecule has 0 amide bonds. The Balaban J connectivity index is 2.92. The highest BCUT2D eigenvalue weighted by Crippen LogP contribution is 2.23. The summed E-state index contributed by atoms with van der Waals surface area (Å²) in [6.07, 6.45) is 0. The van der Waals surface area contributed by atoms with Gasteiger partial charge in [0.15, 0.2) is 5.60 Å². The highest BCUT2D eigenvalue weighted by molar-refractivity contribution is 5.78. The Morgan fingerprint density at radius 2 is 2.06 bits per heavy atom. The fourth-order valence-electron chi connectivity index (χ4n) is 1.24. The second kappa shape index (κ2) is 4.82. The summed E-state index contributed by atoms with van der Waals surface area (Å²) in [6.45, 7) is 3.05. The number of hydrogen-bond donors (Lipinski definition) is 0. The molecule has 0 saturated heterocycles. The van der Waals surface area contributed by atoms with E-state index in [1.165, 1.54) is 45.2 Å². The molecule has 1 aromatic rings. The molecular weight excluding hydrogens is 226 g/mol. The van der Waals surface area contributed by atoms with Crippen LogP contribution < -0.4 is 4.74 Å². The summed E-state index contributed by atoms with van der Waals surface area (Å²) in [4.78, 5) is 21.4. The average molecular weight is 239 g/mol. The van der Waals surface area contributed by atoms with Gasteiger partial charge in [-0.15, -0.1) is 0 Å². The molecule has 17 heavy (non-hydrogen) atoms. The molecule has 0 unspecified atom stereocenters. The normalized spacial score (nSPS) is 10.8. The van der Waals surface area contributed by atoms with Crippen LogP contribution in [0.1, 0.15) is 13.8 Å². The van der Waals surface area contributed by atoms with E-state index in [2.05, 4.69) is 4.74 Å². The molecule has 1 rings (SSSR count). The maximum atomic E-state index is 11.4. The van der Waals surface area contributed by atoms with Crippen LogP contribution in [-0.2, 0) is 9.53 Å². The number of rotatable bonds is 4. The van der Waals surface area contributed by atoms with E-state index in [-0.39, 0.29) is 11.4 Å². The topological polar surface area (TPSA) is 78.7 Å². The molecule has 0 aliphatic carbocycles. The van der Waals surface area contributed by atoms with Crippen LogP contribution in [0.3, 0.4) is 0 Å². The zero-order chi connectivity index (χ0) is 13.1. The first-order valence-corrected chi connectivity index (χ1v) is 4.88. The first kappa shape index (κ1) is 13.0. The molecular formula is C11H13NO5. The summed E-state index contributed by atoms with van der Waals surface area (Å²) in [5, 5.41) is 10.6. The molecule has 1 aromatic carbocycles. The largest absolute Gasteiger partial charge is 0.476 e. The van der Waals surface area contributed by atoms with Crippen LogP contribution >= 0.6 is 0 Å². The number of nitro benzene ring substituents is 1. The quantitative estimate of drug-likeness (QED) is 0.455. The van der Waals surface area contributed by atoms with Crippen molar-refractivity contribution in [2.45, 2.75) is 19.4 Å². The number of non-ortho nitro benzene ring substituents is 1. The summed E-state index contributed by atoms with van der Waals surface area (Å²) >= 11 is 0. The van der Waals surface area contributed by atoms with Crippen LogP contribution in [0, 0.1) is 10.1 Å². The highest BCUT2D eigenvalue weighted by Gasteiger charge is 2.31. The Morgan fingerprint density at radius 3 is 2.59 bits per heavy atom. The van der Waals surface area contributed by atoms with Crippen LogP contribution in [0.15, 0.2) is 24.3 Å². The Hall–Kier alpha value is -2.11. The zero-order valence-electron chi connectivity index (χ0n) is 9.80.